The molecule has 0 fully saturated rings. The number of benzene rings is 1. The van der Waals surface area contributed by atoms with E-state index < -0.39 is 16.0 Å². The van der Waals surface area contributed by atoms with Gasteiger partial charge in [0.15, 0.2) is 0 Å². The van der Waals surface area contributed by atoms with E-state index >= 15 is 0 Å². The number of carbonyl (C=O) groups is 1. The third-order valence-electron chi connectivity index (χ3n) is 1.60. The van der Waals surface area contributed by atoms with E-state index in [1.165, 1.54) is 12.1 Å². The van der Waals surface area contributed by atoms with Crippen LogP contribution in [0, 0.1) is 0 Å². The maximum atomic E-state index is 10.9. The van der Waals surface area contributed by atoms with Crippen LogP contribution in [0.15, 0.2) is 41.8 Å². The van der Waals surface area contributed by atoms with Gasteiger partial charge in [0.25, 0.3) is 0 Å². The lowest BCUT2D eigenvalue weighted by Gasteiger charge is -2.07. The molecule has 0 atom stereocenters. The average Bonchev–Trinajstić information content (AvgIpc) is 2.17. The average molecular weight is 226 g/mol. The van der Waals surface area contributed by atoms with E-state index in [0.29, 0.717) is 5.69 Å². The highest BCUT2D eigenvalue weighted by Gasteiger charge is 2.01. The van der Waals surface area contributed by atoms with Gasteiger partial charge in [-0.1, -0.05) is 6.58 Å². The Morgan fingerprint density at radius 1 is 1.33 bits per heavy atom. The van der Waals surface area contributed by atoms with Crippen LogP contribution in [0.3, 0.4) is 0 Å². The summed E-state index contributed by atoms with van der Waals surface area (Å²) >= 11 is 0. The number of amides is 1. The Bertz CT molecular complexity index is 475. The Morgan fingerprint density at radius 3 is 2.27 bits per heavy atom. The molecule has 15 heavy (non-hydrogen) atoms. The van der Waals surface area contributed by atoms with Gasteiger partial charge in [-0.25, -0.2) is 8.42 Å². The number of hydrogen-bond donors (Lipinski definition) is 1. The second-order valence-electron chi connectivity index (χ2n) is 2.67. The zero-order chi connectivity index (χ0) is 11.5. The van der Waals surface area contributed by atoms with E-state index in [0.717, 1.165) is 18.2 Å². The van der Waals surface area contributed by atoms with Crippen LogP contribution in [-0.4, -0.2) is 18.9 Å². The molecular formula is C9H8NO4S-. The molecule has 0 aliphatic heterocycles. The SMILES string of the molecule is C=CC(=O)Nc1ccc(S(=O)(=O)[O-])cc1. The molecule has 1 aromatic carbocycles. The van der Waals surface area contributed by atoms with Crippen LogP contribution < -0.4 is 5.32 Å². The Balaban J connectivity index is 2.91. The third-order valence-corrected chi connectivity index (χ3v) is 2.45. The van der Waals surface area contributed by atoms with E-state index in [9.17, 15) is 17.8 Å². The van der Waals surface area contributed by atoms with E-state index in [1.54, 1.807) is 0 Å². The quantitative estimate of drug-likeness (QED) is 0.607. The maximum absolute atomic E-state index is 10.9. The van der Waals surface area contributed by atoms with Crippen molar-refractivity contribution in [1.29, 1.82) is 0 Å². The molecule has 6 heteroatoms. The summed E-state index contributed by atoms with van der Waals surface area (Å²) in [5.41, 5.74) is 0.396. The Hall–Kier alpha value is -1.66. The van der Waals surface area contributed by atoms with Gasteiger partial charge in [-0.05, 0) is 30.3 Å². The van der Waals surface area contributed by atoms with Gasteiger partial charge >= 0.3 is 0 Å². The topological polar surface area (TPSA) is 86.3 Å². The molecule has 0 radical (unpaired) electrons. The lowest BCUT2D eigenvalue weighted by Crippen LogP contribution is -2.07. The van der Waals surface area contributed by atoms with Crippen molar-refractivity contribution in [2.45, 2.75) is 4.90 Å². The standard InChI is InChI=1S/C9H9NO4S/c1-2-9(11)10-7-3-5-8(6-4-7)15(12,13)14/h2-6H,1H2,(H,10,11)(H,12,13,14)/p-1. The number of hydrogen-bond acceptors (Lipinski definition) is 4. The van der Waals surface area contributed by atoms with Gasteiger partial charge in [-0.3, -0.25) is 4.79 Å². The highest BCUT2D eigenvalue weighted by molar-refractivity contribution is 7.85. The summed E-state index contributed by atoms with van der Waals surface area (Å²) in [6.07, 6.45) is 1.08. The third kappa shape index (κ3) is 3.19. The number of carbonyl (C=O) groups excluding carboxylic acids is 1. The van der Waals surface area contributed by atoms with Gasteiger partial charge in [0.1, 0.15) is 10.1 Å². The van der Waals surface area contributed by atoms with Crippen LogP contribution in [0.4, 0.5) is 5.69 Å². The summed E-state index contributed by atoms with van der Waals surface area (Å²) < 4.78 is 31.7. The molecule has 0 spiro atoms. The molecule has 1 N–H and O–H groups in total. The molecular weight excluding hydrogens is 218 g/mol. The van der Waals surface area contributed by atoms with Crippen LogP contribution in [-0.2, 0) is 14.9 Å². The predicted molar refractivity (Wildman–Crippen MR) is 53.2 cm³/mol. The second-order valence-corrected chi connectivity index (χ2v) is 4.05. The molecule has 1 amide bonds. The van der Waals surface area contributed by atoms with Gasteiger partial charge in [0.2, 0.25) is 5.91 Å². The molecule has 1 aromatic rings. The monoisotopic (exact) mass is 226 g/mol. The number of nitrogens with one attached hydrogen (secondary N) is 1. The Labute approximate surface area is 87.2 Å². The van der Waals surface area contributed by atoms with Gasteiger partial charge in [-0.2, -0.15) is 0 Å². The fourth-order valence-electron chi connectivity index (χ4n) is 0.898. The van der Waals surface area contributed by atoms with Crippen molar-refractivity contribution in [3.8, 4) is 0 Å². The molecule has 0 aromatic heterocycles. The molecule has 0 aliphatic carbocycles. The number of rotatable bonds is 3. The molecule has 80 valence electrons. The molecule has 0 saturated heterocycles. The van der Waals surface area contributed by atoms with Gasteiger partial charge in [0, 0.05) is 5.69 Å². The van der Waals surface area contributed by atoms with Crippen LogP contribution in [0.25, 0.3) is 0 Å². The van der Waals surface area contributed by atoms with E-state index in [4.69, 9.17) is 0 Å². The van der Waals surface area contributed by atoms with Crippen molar-refractivity contribution in [2.75, 3.05) is 5.32 Å². The molecule has 0 aliphatic rings. The van der Waals surface area contributed by atoms with Gasteiger partial charge in [0.05, 0.1) is 4.90 Å². The van der Waals surface area contributed by atoms with Gasteiger partial charge < -0.3 is 9.87 Å². The van der Waals surface area contributed by atoms with Gasteiger partial charge in [-0.15, -0.1) is 0 Å². The maximum Gasteiger partial charge on any atom is 0.247 e. The molecule has 1 rings (SSSR count). The first-order chi connectivity index (χ1) is 6.93. The summed E-state index contributed by atoms with van der Waals surface area (Å²) in [5.74, 6) is -0.410. The first kappa shape index (κ1) is 11.4. The summed E-state index contributed by atoms with van der Waals surface area (Å²) in [4.78, 5) is 10.5. The van der Waals surface area contributed by atoms with Crippen LogP contribution >= 0.6 is 0 Å². The van der Waals surface area contributed by atoms with Crippen LogP contribution in [0.1, 0.15) is 0 Å². The van der Waals surface area contributed by atoms with Crippen molar-refractivity contribution in [2.24, 2.45) is 0 Å². The van der Waals surface area contributed by atoms with Crippen molar-refractivity contribution >= 4 is 21.7 Å². The van der Waals surface area contributed by atoms with Crippen LogP contribution in [0.5, 0.6) is 0 Å². The molecule has 0 unspecified atom stereocenters. The predicted octanol–water partition coefficient (Wildman–Crippen LogP) is 0.715. The van der Waals surface area contributed by atoms with Crippen molar-refractivity contribution < 1.29 is 17.8 Å². The molecule has 0 bridgehead atoms. The minimum absolute atomic E-state index is 0.334. The zero-order valence-corrected chi connectivity index (χ0v) is 8.45. The van der Waals surface area contributed by atoms with Crippen LogP contribution in [0.2, 0.25) is 0 Å². The first-order valence-corrected chi connectivity index (χ1v) is 5.33. The fraction of sp³-hybridized carbons (Fsp3) is 0. The molecule has 0 heterocycles. The van der Waals surface area contributed by atoms with Crippen molar-refractivity contribution in [3.05, 3.63) is 36.9 Å². The summed E-state index contributed by atoms with van der Waals surface area (Å²) in [5, 5.41) is 2.42. The summed E-state index contributed by atoms with van der Waals surface area (Å²) in [6.45, 7) is 3.26. The lowest BCUT2D eigenvalue weighted by atomic mass is 10.3. The van der Waals surface area contributed by atoms with E-state index in [1.807, 2.05) is 0 Å². The Kier molecular flexibility index (Phi) is 3.23. The summed E-state index contributed by atoms with van der Waals surface area (Å²) in [7, 11) is -4.44. The second kappa shape index (κ2) is 4.24. The Morgan fingerprint density at radius 2 is 1.87 bits per heavy atom. The molecule has 0 saturated carbocycles. The first-order valence-electron chi connectivity index (χ1n) is 3.93. The highest BCUT2D eigenvalue weighted by Crippen LogP contribution is 2.13. The largest absolute Gasteiger partial charge is 0.744 e. The van der Waals surface area contributed by atoms with E-state index in [-0.39, 0.29) is 4.90 Å². The minimum Gasteiger partial charge on any atom is -0.744 e. The lowest BCUT2D eigenvalue weighted by molar-refractivity contribution is -0.111. The fourth-order valence-corrected chi connectivity index (χ4v) is 1.37. The molecule has 5 nitrogen and oxygen atoms in total. The number of anilines is 1. The smallest absolute Gasteiger partial charge is 0.247 e. The minimum atomic E-state index is -4.44. The normalized spacial score (nSPS) is 10.7. The zero-order valence-electron chi connectivity index (χ0n) is 7.64. The van der Waals surface area contributed by atoms with Crippen molar-refractivity contribution in [3.63, 3.8) is 0 Å². The highest BCUT2D eigenvalue weighted by atomic mass is 32.2. The van der Waals surface area contributed by atoms with Crippen molar-refractivity contribution in [1.82, 2.24) is 0 Å². The van der Waals surface area contributed by atoms with E-state index in [2.05, 4.69) is 11.9 Å². The summed E-state index contributed by atoms with van der Waals surface area (Å²) in [6, 6.07) is 4.90.